The third-order valence-electron chi connectivity index (χ3n) is 4.69. The summed E-state index contributed by atoms with van der Waals surface area (Å²) in [5.41, 5.74) is 5.28. The molecule has 4 rings (SSSR count). The first-order valence-corrected chi connectivity index (χ1v) is 8.89. The summed E-state index contributed by atoms with van der Waals surface area (Å²) in [6, 6.07) is 18.3. The van der Waals surface area contributed by atoms with Crippen molar-refractivity contribution in [2.75, 3.05) is 37.0 Å². The Kier molecular flexibility index (Phi) is 4.54. The summed E-state index contributed by atoms with van der Waals surface area (Å²) in [6.07, 6.45) is 0.837. The van der Waals surface area contributed by atoms with E-state index in [1.807, 2.05) is 54.4 Å². The van der Waals surface area contributed by atoms with Crippen molar-refractivity contribution in [3.8, 4) is 22.6 Å². The molecule has 2 heterocycles. The number of aromatic nitrogens is 2. The van der Waals surface area contributed by atoms with E-state index >= 15 is 0 Å². The van der Waals surface area contributed by atoms with Crippen molar-refractivity contribution in [2.24, 2.45) is 0 Å². The van der Waals surface area contributed by atoms with Gasteiger partial charge < -0.3 is 15.3 Å². The first-order valence-electron chi connectivity index (χ1n) is 8.89. The minimum Gasteiger partial charge on any atom is -0.395 e. The minimum atomic E-state index is 0.0881. The lowest BCUT2D eigenvalue weighted by molar-refractivity contribution is 0.303. The summed E-state index contributed by atoms with van der Waals surface area (Å²) >= 11 is 0. The molecule has 0 radical (unpaired) electrons. The summed E-state index contributed by atoms with van der Waals surface area (Å²) < 4.78 is 0. The van der Waals surface area contributed by atoms with E-state index in [1.165, 1.54) is 0 Å². The first-order chi connectivity index (χ1) is 12.8. The number of anilines is 2. The number of aliphatic hydroxyl groups excluding tert-OH is 1. The number of nitrogens with one attached hydrogen (secondary N) is 1. The molecule has 0 saturated heterocycles. The normalized spacial score (nSPS) is 12.5. The van der Waals surface area contributed by atoms with Crippen LogP contribution < -0.4 is 10.2 Å². The predicted molar refractivity (Wildman–Crippen MR) is 105 cm³/mol. The number of benzene rings is 2. The molecule has 2 N–H and O–H groups in total. The van der Waals surface area contributed by atoms with Gasteiger partial charge in [0.05, 0.1) is 12.3 Å². The van der Waals surface area contributed by atoms with Crippen LogP contribution in [0.2, 0.25) is 0 Å². The number of likely N-dealkylation sites (N-methyl/N-ethyl adjacent to an activating group) is 1. The van der Waals surface area contributed by atoms with E-state index in [0.717, 1.165) is 46.9 Å². The van der Waals surface area contributed by atoms with Crippen molar-refractivity contribution in [1.82, 2.24) is 9.97 Å². The Balaban J connectivity index is 1.96. The zero-order valence-corrected chi connectivity index (χ0v) is 14.8. The molecule has 1 aromatic heterocycles. The average molecular weight is 346 g/mol. The van der Waals surface area contributed by atoms with Gasteiger partial charge in [0.25, 0.3) is 0 Å². The van der Waals surface area contributed by atoms with Crippen molar-refractivity contribution >= 4 is 11.5 Å². The van der Waals surface area contributed by atoms with E-state index in [9.17, 15) is 5.11 Å². The highest BCUT2D eigenvalue weighted by atomic mass is 16.3. The fourth-order valence-electron chi connectivity index (χ4n) is 3.38. The molecule has 1 aliphatic heterocycles. The number of para-hydroxylation sites is 1. The number of hydrogen-bond donors (Lipinski definition) is 2. The molecule has 0 bridgehead atoms. The van der Waals surface area contributed by atoms with Gasteiger partial charge in [-0.05, 0) is 12.5 Å². The summed E-state index contributed by atoms with van der Waals surface area (Å²) in [7, 11) is 1.97. The molecule has 0 spiro atoms. The van der Waals surface area contributed by atoms with Crippen molar-refractivity contribution in [2.45, 2.75) is 6.42 Å². The average Bonchev–Trinajstić information content (AvgIpc) is 2.87. The summed E-state index contributed by atoms with van der Waals surface area (Å²) in [5.74, 6) is 1.60. The molecule has 26 heavy (non-hydrogen) atoms. The van der Waals surface area contributed by atoms with Gasteiger partial charge >= 0.3 is 0 Å². The second-order valence-electron chi connectivity index (χ2n) is 6.43. The second kappa shape index (κ2) is 7.14. The summed E-state index contributed by atoms with van der Waals surface area (Å²) in [4.78, 5) is 11.8. The quantitative estimate of drug-likeness (QED) is 0.760. The molecule has 0 atom stereocenters. The van der Waals surface area contributed by atoms with Gasteiger partial charge in [-0.15, -0.1) is 0 Å². The van der Waals surface area contributed by atoms with Crippen LogP contribution in [-0.2, 0) is 6.42 Å². The maximum atomic E-state index is 9.40. The zero-order valence-electron chi connectivity index (χ0n) is 14.8. The Morgan fingerprint density at radius 3 is 2.62 bits per heavy atom. The fourth-order valence-corrected chi connectivity index (χ4v) is 3.38. The van der Waals surface area contributed by atoms with Crippen LogP contribution >= 0.6 is 0 Å². The van der Waals surface area contributed by atoms with E-state index in [0.29, 0.717) is 12.4 Å². The number of fused-ring (bicyclic) bond motifs is 3. The molecule has 2 aromatic carbocycles. The molecule has 5 nitrogen and oxygen atoms in total. The molecule has 5 heteroatoms. The monoisotopic (exact) mass is 346 g/mol. The highest BCUT2D eigenvalue weighted by Gasteiger charge is 2.22. The van der Waals surface area contributed by atoms with Gasteiger partial charge in [-0.25, -0.2) is 9.97 Å². The molecule has 1 aliphatic rings. The van der Waals surface area contributed by atoms with Gasteiger partial charge in [-0.1, -0.05) is 48.5 Å². The van der Waals surface area contributed by atoms with Crippen LogP contribution in [0.5, 0.6) is 0 Å². The number of aliphatic hydroxyl groups is 1. The van der Waals surface area contributed by atoms with Crippen LogP contribution in [-0.4, -0.2) is 41.8 Å². The highest BCUT2D eigenvalue weighted by molar-refractivity contribution is 5.82. The maximum Gasteiger partial charge on any atom is 0.162 e. The molecule has 0 aliphatic carbocycles. The maximum absolute atomic E-state index is 9.40. The lowest BCUT2D eigenvalue weighted by Crippen LogP contribution is -2.24. The Hall–Kier alpha value is -2.92. The zero-order chi connectivity index (χ0) is 17.9. The van der Waals surface area contributed by atoms with Gasteiger partial charge in [0, 0.05) is 42.5 Å². The fraction of sp³-hybridized carbons (Fsp3) is 0.238. The van der Waals surface area contributed by atoms with Crippen LogP contribution in [0, 0.1) is 0 Å². The van der Waals surface area contributed by atoms with Crippen LogP contribution in [0.3, 0.4) is 0 Å². The standard InChI is InChI=1S/C21H22N4O/c1-25(13-14-26)21-17-11-12-22-18-10-6-5-9-16(18)19(17)23-20(24-21)15-7-3-2-4-8-15/h2-10,22,26H,11-14H2,1H3. The number of rotatable bonds is 4. The van der Waals surface area contributed by atoms with Crippen LogP contribution in [0.4, 0.5) is 11.5 Å². The molecule has 3 aromatic rings. The largest absolute Gasteiger partial charge is 0.395 e. The number of nitrogens with zero attached hydrogens (tertiary/aromatic N) is 3. The molecular weight excluding hydrogens is 324 g/mol. The third-order valence-corrected chi connectivity index (χ3v) is 4.69. The second-order valence-corrected chi connectivity index (χ2v) is 6.43. The molecule has 0 saturated carbocycles. The van der Waals surface area contributed by atoms with E-state index in [2.05, 4.69) is 17.4 Å². The smallest absolute Gasteiger partial charge is 0.162 e. The summed E-state index contributed by atoms with van der Waals surface area (Å²) in [5, 5.41) is 12.9. The minimum absolute atomic E-state index is 0.0881. The summed E-state index contributed by atoms with van der Waals surface area (Å²) in [6.45, 7) is 1.45. The van der Waals surface area contributed by atoms with Crippen molar-refractivity contribution in [1.29, 1.82) is 0 Å². The molecular formula is C21H22N4O. The predicted octanol–water partition coefficient (Wildman–Crippen LogP) is 3.21. The highest BCUT2D eigenvalue weighted by Crippen LogP contribution is 2.37. The van der Waals surface area contributed by atoms with E-state index in [4.69, 9.17) is 9.97 Å². The molecule has 0 fully saturated rings. The van der Waals surface area contributed by atoms with Crippen LogP contribution in [0.25, 0.3) is 22.6 Å². The van der Waals surface area contributed by atoms with Crippen LogP contribution in [0.15, 0.2) is 54.6 Å². The van der Waals surface area contributed by atoms with Crippen LogP contribution in [0.1, 0.15) is 5.56 Å². The van der Waals surface area contributed by atoms with E-state index < -0.39 is 0 Å². The van der Waals surface area contributed by atoms with Gasteiger partial charge in [0.1, 0.15) is 5.82 Å². The topological polar surface area (TPSA) is 61.3 Å². The Labute approximate surface area is 153 Å². The Bertz CT molecular complexity index is 911. The van der Waals surface area contributed by atoms with Gasteiger partial charge in [0.15, 0.2) is 5.82 Å². The van der Waals surface area contributed by atoms with Crippen molar-refractivity contribution < 1.29 is 5.11 Å². The van der Waals surface area contributed by atoms with Gasteiger partial charge in [0.2, 0.25) is 0 Å². The Morgan fingerprint density at radius 2 is 1.81 bits per heavy atom. The number of hydrogen-bond acceptors (Lipinski definition) is 5. The molecule has 132 valence electrons. The van der Waals surface area contributed by atoms with Gasteiger partial charge in [-0.2, -0.15) is 0 Å². The van der Waals surface area contributed by atoms with Crippen molar-refractivity contribution in [3.63, 3.8) is 0 Å². The van der Waals surface area contributed by atoms with E-state index in [-0.39, 0.29) is 6.61 Å². The molecule has 0 unspecified atom stereocenters. The van der Waals surface area contributed by atoms with Gasteiger partial charge in [-0.3, -0.25) is 0 Å². The van der Waals surface area contributed by atoms with E-state index in [1.54, 1.807) is 0 Å². The lowest BCUT2D eigenvalue weighted by Gasteiger charge is -2.22. The third kappa shape index (κ3) is 3.02. The first kappa shape index (κ1) is 16.5. The van der Waals surface area contributed by atoms with Crippen molar-refractivity contribution in [3.05, 3.63) is 60.2 Å². The SMILES string of the molecule is CN(CCO)c1nc(-c2ccccc2)nc2c1CCNc1ccccc1-2. The lowest BCUT2D eigenvalue weighted by atomic mass is 10.0. The Morgan fingerprint density at radius 1 is 1.04 bits per heavy atom. The molecule has 0 amide bonds.